The lowest BCUT2D eigenvalue weighted by Crippen LogP contribution is -2.51. The number of carbonyl (C=O) groups is 1. The molecule has 1 N–H and O–H groups in total. The highest BCUT2D eigenvalue weighted by atomic mass is 16.5. The van der Waals surface area contributed by atoms with Gasteiger partial charge in [0.25, 0.3) is 0 Å². The summed E-state index contributed by atoms with van der Waals surface area (Å²) in [6, 6.07) is 7.47. The van der Waals surface area contributed by atoms with E-state index in [2.05, 4.69) is 4.90 Å². The minimum absolute atomic E-state index is 0.0640. The Morgan fingerprint density at radius 1 is 1.28 bits per heavy atom. The molecule has 2 unspecified atom stereocenters. The minimum atomic E-state index is -1.01. The van der Waals surface area contributed by atoms with E-state index in [1.165, 1.54) is 0 Å². The highest BCUT2D eigenvalue weighted by molar-refractivity contribution is 5.78. The summed E-state index contributed by atoms with van der Waals surface area (Å²) in [5, 5.41) is 11.2. The number of likely N-dealkylation sites (tertiary alicyclic amines) is 1. The van der Waals surface area contributed by atoms with Crippen molar-refractivity contribution in [2.24, 2.45) is 0 Å². The second kappa shape index (κ2) is 7.72. The third-order valence-corrected chi connectivity index (χ3v) is 5.39. The van der Waals surface area contributed by atoms with Crippen molar-refractivity contribution in [2.75, 3.05) is 46.5 Å². The van der Waals surface area contributed by atoms with Gasteiger partial charge >= 0.3 is 0 Å². The number of hydrogen-bond donors (Lipinski definition) is 1. The molecule has 2 atom stereocenters. The first-order valence-electron chi connectivity index (χ1n) is 8.99. The maximum absolute atomic E-state index is 12.6. The molecule has 0 aromatic heterocycles. The zero-order chi connectivity index (χ0) is 17.9. The van der Waals surface area contributed by atoms with Crippen LogP contribution in [0.25, 0.3) is 0 Å². The summed E-state index contributed by atoms with van der Waals surface area (Å²) >= 11 is 0. The van der Waals surface area contributed by atoms with Crippen LogP contribution in [-0.4, -0.2) is 73.4 Å². The zero-order valence-electron chi connectivity index (χ0n) is 15.1. The molecule has 6 heteroatoms. The molecule has 2 aliphatic rings. The van der Waals surface area contributed by atoms with Crippen LogP contribution in [0.1, 0.15) is 25.3 Å². The zero-order valence-corrected chi connectivity index (χ0v) is 15.1. The van der Waals surface area contributed by atoms with Crippen LogP contribution in [0.3, 0.4) is 0 Å². The highest BCUT2D eigenvalue weighted by Gasteiger charge is 2.41. The Balaban J connectivity index is 1.69. The van der Waals surface area contributed by atoms with Crippen molar-refractivity contribution in [1.29, 1.82) is 0 Å². The molecule has 0 saturated carbocycles. The molecule has 1 aromatic rings. The number of hydrogen-bond acceptors (Lipinski definition) is 5. The summed E-state index contributed by atoms with van der Waals surface area (Å²) in [6.45, 7) is 5.58. The maximum atomic E-state index is 12.6. The van der Waals surface area contributed by atoms with Gasteiger partial charge in [-0.1, -0.05) is 12.1 Å². The Kier molecular flexibility index (Phi) is 5.61. The number of nitrogens with zero attached hydrogens (tertiary/aromatic N) is 2. The van der Waals surface area contributed by atoms with E-state index >= 15 is 0 Å². The van der Waals surface area contributed by atoms with E-state index in [0.717, 1.165) is 30.7 Å². The standard InChI is InChI=1S/C19H28N2O4/c1-19(23,15-5-7-16(24-2)8-6-15)17-4-3-9-21(17)14-18(22)20-10-12-25-13-11-20/h5-8,17,23H,3-4,9-14H2,1-2H3. The normalized spacial score (nSPS) is 24.1. The Bertz CT molecular complexity index is 582. The molecule has 1 amide bonds. The Labute approximate surface area is 149 Å². The first-order chi connectivity index (χ1) is 12.0. The molecular weight excluding hydrogens is 320 g/mol. The fraction of sp³-hybridized carbons (Fsp3) is 0.632. The van der Waals surface area contributed by atoms with Gasteiger partial charge in [-0.25, -0.2) is 0 Å². The second-order valence-corrected chi connectivity index (χ2v) is 7.00. The monoisotopic (exact) mass is 348 g/mol. The maximum Gasteiger partial charge on any atom is 0.236 e. The molecule has 0 radical (unpaired) electrons. The minimum Gasteiger partial charge on any atom is -0.497 e. The molecular formula is C19H28N2O4. The summed E-state index contributed by atoms with van der Waals surface area (Å²) in [6.07, 6.45) is 1.88. The SMILES string of the molecule is COc1ccc(C(C)(O)C2CCCN2CC(=O)N2CCOCC2)cc1. The van der Waals surface area contributed by atoms with E-state index in [1.807, 2.05) is 36.1 Å². The van der Waals surface area contributed by atoms with Crippen LogP contribution in [-0.2, 0) is 15.1 Å². The average molecular weight is 348 g/mol. The van der Waals surface area contributed by atoms with Gasteiger partial charge in [-0.05, 0) is 44.0 Å². The Hall–Kier alpha value is -1.63. The average Bonchev–Trinajstić information content (AvgIpc) is 3.11. The number of ether oxygens (including phenoxy) is 2. The molecule has 2 aliphatic heterocycles. The highest BCUT2D eigenvalue weighted by Crippen LogP contribution is 2.35. The van der Waals surface area contributed by atoms with Gasteiger partial charge in [-0.2, -0.15) is 0 Å². The molecule has 2 saturated heterocycles. The van der Waals surface area contributed by atoms with E-state index < -0.39 is 5.60 Å². The first kappa shape index (κ1) is 18.2. The lowest BCUT2D eigenvalue weighted by molar-refractivity contribution is -0.138. The van der Waals surface area contributed by atoms with Crippen LogP contribution in [0.2, 0.25) is 0 Å². The van der Waals surface area contributed by atoms with Crippen molar-refractivity contribution in [3.63, 3.8) is 0 Å². The fourth-order valence-electron chi connectivity index (χ4n) is 3.86. The largest absolute Gasteiger partial charge is 0.497 e. The molecule has 138 valence electrons. The summed E-state index contributed by atoms with van der Waals surface area (Å²) < 4.78 is 10.5. The van der Waals surface area contributed by atoms with Crippen LogP contribution in [0.5, 0.6) is 5.75 Å². The quantitative estimate of drug-likeness (QED) is 0.867. The van der Waals surface area contributed by atoms with Crippen molar-refractivity contribution in [2.45, 2.75) is 31.4 Å². The molecule has 6 nitrogen and oxygen atoms in total. The predicted octanol–water partition coefficient (Wildman–Crippen LogP) is 1.23. The molecule has 25 heavy (non-hydrogen) atoms. The van der Waals surface area contributed by atoms with Crippen LogP contribution in [0.4, 0.5) is 0 Å². The number of benzene rings is 1. The van der Waals surface area contributed by atoms with Crippen LogP contribution >= 0.6 is 0 Å². The summed E-state index contributed by atoms with van der Waals surface area (Å²) in [5.41, 5.74) is -0.155. The van der Waals surface area contributed by atoms with E-state index in [4.69, 9.17) is 9.47 Å². The summed E-state index contributed by atoms with van der Waals surface area (Å²) in [5.74, 6) is 0.894. The van der Waals surface area contributed by atoms with E-state index in [1.54, 1.807) is 7.11 Å². The molecule has 0 bridgehead atoms. The van der Waals surface area contributed by atoms with Crippen LogP contribution < -0.4 is 4.74 Å². The smallest absolute Gasteiger partial charge is 0.236 e. The van der Waals surface area contributed by atoms with Gasteiger partial charge in [-0.3, -0.25) is 9.69 Å². The van der Waals surface area contributed by atoms with Crippen molar-refractivity contribution in [1.82, 2.24) is 9.80 Å². The van der Waals surface area contributed by atoms with Gasteiger partial charge in [-0.15, -0.1) is 0 Å². The topological polar surface area (TPSA) is 62.2 Å². The lowest BCUT2D eigenvalue weighted by atomic mass is 9.86. The van der Waals surface area contributed by atoms with Gasteiger partial charge in [0.05, 0.1) is 26.9 Å². The third-order valence-electron chi connectivity index (χ3n) is 5.39. The van der Waals surface area contributed by atoms with Crippen molar-refractivity contribution < 1.29 is 19.4 Å². The predicted molar refractivity (Wildman–Crippen MR) is 94.6 cm³/mol. The van der Waals surface area contributed by atoms with Gasteiger partial charge in [0.15, 0.2) is 0 Å². The number of methoxy groups -OCH3 is 1. The number of morpholine rings is 1. The fourth-order valence-corrected chi connectivity index (χ4v) is 3.86. The Morgan fingerprint density at radius 2 is 1.96 bits per heavy atom. The Morgan fingerprint density at radius 3 is 2.60 bits per heavy atom. The summed E-state index contributed by atoms with van der Waals surface area (Å²) in [4.78, 5) is 16.6. The van der Waals surface area contributed by atoms with Crippen molar-refractivity contribution >= 4 is 5.91 Å². The molecule has 2 fully saturated rings. The van der Waals surface area contributed by atoms with Gasteiger partial charge in [0.2, 0.25) is 5.91 Å². The molecule has 1 aromatic carbocycles. The summed E-state index contributed by atoms with van der Waals surface area (Å²) in [7, 11) is 1.63. The third kappa shape index (κ3) is 3.97. The van der Waals surface area contributed by atoms with E-state index in [-0.39, 0.29) is 11.9 Å². The lowest BCUT2D eigenvalue weighted by Gasteiger charge is -2.38. The molecule has 0 spiro atoms. The van der Waals surface area contributed by atoms with Crippen LogP contribution in [0, 0.1) is 0 Å². The van der Waals surface area contributed by atoms with Gasteiger partial charge in [0, 0.05) is 19.1 Å². The van der Waals surface area contributed by atoms with Crippen LogP contribution in [0.15, 0.2) is 24.3 Å². The van der Waals surface area contributed by atoms with Crippen molar-refractivity contribution in [3.8, 4) is 5.75 Å². The van der Waals surface area contributed by atoms with E-state index in [9.17, 15) is 9.90 Å². The van der Waals surface area contributed by atoms with Crippen molar-refractivity contribution in [3.05, 3.63) is 29.8 Å². The number of rotatable bonds is 5. The van der Waals surface area contributed by atoms with E-state index in [0.29, 0.717) is 32.8 Å². The number of aliphatic hydroxyl groups is 1. The molecule has 2 heterocycles. The number of carbonyl (C=O) groups excluding carboxylic acids is 1. The first-order valence-corrected chi connectivity index (χ1v) is 8.99. The van der Waals surface area contributed by atoms with Gasteiger partial charge in [0.1, 0.15) is 11.4 Å². The van der Waals surface area contributed by atoms with Gasteiger partial charge < -0.3 is 19.5 Å². The molecule has 0 aliphatic carbocycles. The second-order valence-electron chi connectivity index (χ2n) is 7.00. The molecule has 3 rings (SSSR count). The number of amides is 1.